The van der Waals surface area contributed by atoms with Gasteiger partial charge in [0.25, 0.3) is 0 Å². The highest BCUT2D eigenvalue weighted by atomic mass is 19.3. The molecule has 0 fully saturated rings. The summed E-state index contributed by atoms with van der Waals surface area (Å²) in [7, 11) is 0. The summed E-state index contributed by atoms with van der Waals surface area (Å²) in [5.74, 6) is -0.843. The molecule has 0 aliphatic heterocycles. The second-order valence-electron chi connectivity index (χ2n) is 6.66. The number of rotatable bonds is 9. The monoisotopic (exact) mass is 456 g/mol. The highest BCUT2D eigenvalue weighted by Gasteiger charge is 2.36. The lowest BCUT2D eigenvalue weighted by Crippen LogP contribution is -2.23. The van der Waals surface area contributed by atoms with Crippen LogP contribution >= 0.6 is 0 Å². The Labute approximate surface area is 180 Å². The largest absolute Gasteiger partial charge is 0.435 e. The quantitative estimate of drug-likeness (QED) is 0.321. The van der Waals surface area contributed by atoms with Crippen molar-refractivity contribution < 1.29 is 40.6 Å². The van der Waals surface area contributed by atoms with E-state index in [2.05, 4.69) is 9.47 Å². The third-order valence-electron chi connectivity index (χ3n) is 4.43. The Morgan fingerprint density at radius 2 is 1.00 bits per heavy atom. The molecule has 0 amide bonds. The lowest BCUT2D eigenvalue weighted by molar-refractivity contribution is -0.187. The minimum Gasteiger partial charge on any atom is -0.435 e. The van der Waals surface area contributed by atoms with Crippen molar-refractivity contribution >= 4 is 0 Å². The van der Waals surface area contributed by atoms with Gasteiger partial charge in [0.2, 0.25) is 0 Å². The first-order valence-electron chi connectivity index (χ1n) is 9.47. The van der Waals surface area contributed by atoms with Gasteiger partial charge >= 0.3 is 18.8 Å². The molecule has 0 heterocycles. The average molecular weight is 456 g/mol. The summed E-state index contributed by atoms with van der Waals surface area (Å²) < 4.78 is 95.2. The summed E-state index contributed by atoms with van der Waals surface area (Å²) in [6, 6.07) is 13.5. The molecular weight excluding hydrogens is 438 g/mol. The first kappa shape index (κ1) is 23.3. The molecule has 0 aliphatic carbocycles. The van der Waals surface area contributed by atoms with Gasteiger partial charge in [0.1, 0.15) is 17.2 Å². The molecule has 0 atom stereocenters. The number of hydrogen-bond acceptors (Lipinski definition) is 3. The minimum atomic E-state index is -3.82. The SMILES string of the molecule is CCc1ccc(C(F)(F)Oc2ccc(C(F)(F)Oc3ccc(OC(F)F)cc3)cc2)cc1. The lowest BCUT2D eigenvalue weighted by atomic mass is 10.1. The van der Waals surface area contributed by atoms with Crippen molar-refractivity contribution in [1.29, 1.82) is 0 Å². The summed E-state index contributed by atoms with van der Waals surface area (Å²) in [4.78, 5) is 0. The van der Waals surface area contributed by atoms with E-state index in [1.165, 1.54) is 12.1 Å². The van der Waals surface area contributed by atoms with Gasteiger partial charge in [0.05, 0.1) is 11.1 Å². The van der Waals surface area contributed by atoms with Crippen molar-refractivity contribution in [3.8, 4) is 17.2 Å². The van der Waals surface area contributed by atoms with E-state index in [-0.39, 0.29) is 22.8 Å². The normalized spacial score (nSPS) is 12.0. The van der Waals surface area contributed by atoms with Crippen LogP contribution in [-0.2, 0) is 18.6 Å². The number of alkyl halides is 6. The van der Waals surface area contributed by atoms with Crippen LogP contribution in [0, 0.1) is 0 Å². The molecule has 3 aromatic rings. The van der Waals surface area contributed by atoms with Crippen LogP contribution in [-0.4, -0.2) is 6.61 Å². The van der Waals surface area contributed by atoms with E-state index < -0.39 is 24.4 Å². The minimum absolute atomic E-state index is 0.220. The Morgan fingerprint density at radius 3 is 1.41 bits per heavy atom. The summed E-state index contributed by atoms with van der Waals surface area (Å²) in [6.07, 6.45) is -6.78. The number of benzene rings is 3. The van der Waals surface area contributed by atoms with Crippen LogP contribution in [0.25, 0.3) is 0 Å². The van der Waals surface area contributed by atoms with Crippen LogP contribution in [0.5, 0.6) is 17.2 Å². The highest BCUT2D eigenvalue weighted by molar-refractivity contribution is 5.34. The lowest BCUT2D eigenvalue weighted by Gasteiger charge is -2.20. The molecule has 0 spiro atoms. The number of halogens is 6. The highest BCUT2D eigenvalue weighted by Crippen LogP contribution is 2.35. The summed E-state index contributed by atoms with van der Waals surface area (Å²) in [6.45, 7) is -1.16. The molecule has 0 N–H and O–H groups in total. The van der Waals surface area contributed by atoms with Crippen LogP contribution in [0.1, 0.15) is 23.6 Å². The van der Waals surface area contributed by atoms with E-state index in [4.69, 9.17) is 4.74 Å². The fraction of sp³-hybridized carbons (Fsp3) is 0.217. The smallest absolute Gasteiger partial charge is 0.426 e. The number of hydrogen-bond donors (Lipinski definition) is 0. The Morgan fingerprint density at radius 1 is 0.625 bits per heavy atom. The third kappa shape index (κ3) is 5.87. The maximum absolute atomic E-state index is 14.4. The summed E-state index contributed by atoms with van der Waals surface area (Å²) >= 11 is 0. The van der Waals surface area contributed by atoms with Gasteiger partial charge in [-0.05, 0) is 72.6 Å². The Balaban J connectivity index is 1.68. The maximum Gasteiger partial charge on any atom is 0.426 e. The van der Waals surface area contributed by atoms with E-state index in [1.54, 1.807) is 12.1 Å². The second-order valence-corrected chi connectivity index (χ2v) is 6.66. The van der Waals surface area contributed by atoms with Crippen LogP contribution < -0.4 is 14.2 Å². The van der Waals surface area contributed by atoms with Gasteiger partial charge in [-0.2, -0.15) is 26.3 Å². The molecule has 170 valence electrons. The molecule has 0 saturated heterocycles. The first-order chi connectivity index (χ1) is 15.1. The van der Waals surface area contributed by atoms with Gasteiger partial charge in [-0.15, -0.1) is 0 Å². The van der Waals surface area contributed by atoms with Crippen molar-refractivity contribution in [2.75, 3.05) is 0 Å². The van der Waals surface area contributed by atoms with Gasteiger partial charge in [-0.25, -0.2) is 0 Å². The van der Waals surface area contributed by atoms with E-state index in [0.29, 0.717) is 6.42 Å². The first-order valence-corrected chi connectivity index (χ1v) is 9.47. The van der Waals surface area contributed by atoms with E-state index in [0.717, 1.165) is 54.1 Å². The topological polar surface area (TPSA) is 27.7 Å². The van der Waals surface area contributed by atoms with Gasteiger partial charge < -0.3 is 14.2 Å². The van der Waals surface area contributed by atoms with E-state index >= 15 is 0 Å². The van der Waals surface area contributed by atoms with E-state index in [1.807, 2.05) is 6.92 Å². The standard InChI is InChI=1S/C23H18F6O3/c1-2-15-3-5-16(6-4-15)22(26,27)31-19-9-7-17(8-10-19)23(28,29)32-20-13-11-18(12-14-20)30-21(24)25/h3-14,21H,2H2,1H3. The van der Waals surface area contributed by atoms with Crippen molar-refractivity contribution in [2.45, 2.75) is 32.2 Å². The molecule has 0 unspecified atom stereocenters. The Bertz CT molecular complexity index is 1000. The Hall–Kier alpha value is -3.36. The molecule has 0 radical (unpaired) electrons. The average Bonchev–Trinajstić information content (AvgIpc) is 2.75. The fourth-order valence-corrected chi connectivity index (χ4v) is 2.75. The van der Waals surface area contributed by atoms with Gasteiger partial charge in [0, 0.05) is 0 Å². The zero-order valence-electron chi connectivity index (χ0n) is 16.7. The molecular formula is C23H18F6O3. The molecule has 0 aliphatic rings. The van der Waals surface area contributed by atoms with Crippen molar-refractivity contribution in [3.63, 3.8) is 0 Å². The van der Waals surface area contributed by atoms with Gasteiger partial charge in [-0.3, -0.25) is 0 Å². The fourth-order valence-electron chi connectivity index (χ4n) is 2.75. The van der Waals surface area contributed by atoms with E-state index in [9.17, 15) is 26.3 Å². The second kappa shape index (κ2) is 9.42. The molecule has 3 aromatic carbocycles. The molecule has 0 aromatic heterocycles. The number of ether oxygens (including phenoxy) is 3. The van der Waals surface area contributed by atoms with Gasteiger partial charge in [0.15, 0.2) is 0 Å². The predicted octanol–water partition coefficient (Wildman–Crippen LogP) is 7.11. The van der Waals surface area contributed by atoms with Crippen molar-refractivity contribution in [2.24, 2.45) is 0 Å². The molecule has 32 heavy (non-hydrogen) atoms. The Kier molecular flexibility index (Phi) is 6.86. The maximum atomic E-state index is 14.4. The zero-order chi connectivity index (χ0) is 23.4. The molecule has 9 heteroatoms. The molecule has 3 nitrogen and oxygen atoms in total. The van der Waals surface area contributed by atoms with Crippen LogP contribution in [0.4, 0.5) is 26.3 Å². The van der Waals surface area contributed by atoms with Gasteiger partial charge in [-0.1, -0.05) is 19.1 Å². The summed E-state index contributed by atoms with van der Waals surface area (Å²) in [5.41, 5.74) is -0.104. The van der Waals surface area contributed by atoms with Crippen LogP contribution in [0.15, 0.2) is 72.8 Å². The molecule has 0 bridgehead atoms. The summed E-state index contributed by atoms with van der Waals surface area (Å²) in [5, 5.41) is 0. The van der Waals surface area contributed by atoms with Crippen LogP contribution in [0.2, 0.25) is 0 Å². The molecule has 0 saturated carbocycles. The van der Waals surface area contributed by atoms with Crippen LogP contribution in [0.3, 0.4) is 0 Å². The van der Waals surface area contributed by atoms with Crippen molar-refractivity contribution in [1.82, 2.24) is 0 Å². The predicted molar refractivity (Wildman–Crippen MR) is 104 cm³/mol. The van der Waals surface area contributed by atoms with Crippen molar-refractivity contribution in [3.05, 3.63) is 89.5 Å². The zero-order valence-corrected chi connectivity index (χ0v) is 16.7. The third-order valence-corrected chi connectivity index (χ3v) is 4.43. The molecule has 3 rings (SSSR count). The number of aryl methyl sites for hydroxylation is 1.